The van der Waals surface area contributed by atoms with Crippen LogP contribution in [0.25, 0.3) is 0 Å². The van der Waals surface area contributed by atoms with Gasteiger partial charge in [-0.15, -0.1) is 0 Å². The molecule has 0 atom stereocenters. The molecule has 92 valence electrons. The highest BCUT2D eigenvalue weighted by molar-refractivity contribution is 9.10. The minimum absolute atomic E-state index is 0.158. The zero-order chi connectivity index (χ0) is 12.8. The summed E-state index contributed by atoms with van der Waals surface area (Å²) in [5, 5.41) is 2.89. The van der Waals surface area contributed by atoms with Crippen LogP contribution in [0.15, 0.2) is 22.7 Å². The topological polar surface area (TPSA) is 55.4 Å². The second-order valence-electron chi connectivity index (χ2n) is 3.10. The quantitative estimate of drug-likeness (QED) is 0.660. The monoisotopic (exact) mass is 363 g/mol. The Labute approximate surface area is 116 Å². The molecule has 1 N–H and O–H groups in total. The Morgan fingerprint density at radius 3 is 2.65 bits per heavy atom. The highest BCUT2D eigenvalue weighted by Gasteiger charge is 2.10. The fourth-order valence-electron chi connectivity index (χ4n) is 1.14. The van der Waals surface area contributed by atoms with Gasteiger partial charge < -0.3 is 10.1 Å². The van der Waals surface area contributed by atoms with Crippen LogP contribution in [0.1, 0.15) is 17.3 Å². The molecular weight excluding hydrogens is 354 g/mol. The number of esters is 1. The van der Waals surface area contributed by atoms with Crippen LogP contribution >= 0.6 is 31.9 Å². The summed E-state index contributed by atoms with van der Waals surface area (Å²) in [5.74, 6) is -0.541. The first-order valence-corrected chi connectivity index (χ1v) is 6.82. The van der Waals surface area contributed by atoms with Gasteiger partial charge in [0.2, 0.25) is 5.91 Å². The summed E-state index contributed by atoms with van der Waals surface area (Å²) in [4.78, 5) is 22.6. The number of carbonyl (C=O) groups is 2. The van der Waals surface area contributed by atoms with Crippen LogP contribution < -0.4 is 5.32 Å². The molecule has 4 nitrogen and oxygen atoms in total. The summed E-state index contributed by atoms with van der Waals surface area (Å²) in [6.45, 7) is 2.08. The van der Waals surface area contributed by atoms with Gasteiger partial charge >= 0.3 is 5.97 Å². The number of rotatable bonds is 4. The predicted molar refractivity (Wildman–Crippen MR) is 72.5 cm³/mol. The maximum absolute atomic E-state index is 11.4. The SMILES string of the molecule is CCOC(=O)c1ccc(NC(=O)CBr)c(Br)c1. The Balaban J connectivity index is 2.86. The zero-order valence-electron chi connectivity index (χ0n) is 9.13. The number of hydrogen-bond donors (Lipinski definition) is 1. The van der Waals surface area contributed by atoms with Crippen molar-refractivity contribution in [3.05, 3.63) is 28.2 Å². The van der Waals surface area contributed by atoms with Gasteiger partial charge in [0.1, 0.15) is 0 Å². The maximum atomic E-state index is 11.4. The van der Waals surface area contributed by atoms with Crippen molar-refractivity contribution in [2.24, 2.45) is 0 Å². The molecule has 1 amide bonds. The lowest BCUT2D eigenvalue weighted by Gasteiger charge is -2.07. The number of hydrogen-bond acceptors (Lipinski definition) is 3. The third-order valence-electron chi connectivity index (χ3n) is 1.88. The molecule has 0 aliphatic rings. The van der Waals surface area contributed by atoms with Crippen LogP contribution in [0.3, 0.4) is 0 Å². The van der Waals surface area contributed by atoms with Crippen molar-refractivity contribution < 1.29 is 14.3 Å². The molecule has 1 rings (SSSR count). The van der Waals surface area contributed by atoms with Crippen molar-refractivity contribution >= 4 is 49.4 Å². The summed E-state index contributed by atoms with van der Waals surface area (Å²) >= 11 is 6.34. The van der Waals surface area contributed by atoms with Gasteiger partial charge in [0.25, 0.3) is 0 Å². The van der Waals surface area contributed by atoms with E-state index in [4.69, 9.17) is 4.74 Å². The lowest BCUT2D eigenvalue weighted by atomic mass is 10.2. The summed E-state index contributed by atoms with van der Waals surface area (Å²) < 4.78 is 5.51. The standard InChI is InChI=1S/C11H11Br2NO3/c1-2-17-11(16)7-3-4-9(8(13)5-7)14-10(15)6-12/h3-5H,2,6H2,1H3,(H,14,15). The largest absolute Gasteiger partial charge is 0.462 e. The van der Waals surface area contributed by atoms with E-state index in [0.717, 1.165) is 0 Å². The molecule has 0 unspecified atom stereocenters. The van der Waals surface area contributed by atoms with Crippen molar-refractivity contribution in [1.29, 1.82) is 0 Å². The molecule has 0 heterocycles. The van der Waals surface area contributed by atoms with Gasteiger partial charge in [-0.1, -0.05) is 15.9 Å². The summed E-state index contributed by atoms with van der Waals surface area (Å²) in [6, 6.07) is 4.87. The summed E-state index contributed by atoms with van der Waals surface area (Å²) in [5.41, 5.74) is 1.05. The van der Waals surface area contributed by atoms with Crippen molar-refractivity contribution in [3.8, 4) is 0 Å². The van der Waals surface area contributed by atoms with E-state index in [9.17, 15) is 9.59 Å². The van der Waals surface area contributed by atoms with Gasteiger partial charge in [0.05, 0.1) is 23.2 Å². The van der Waals surface area contributed by atoms with Crippen LogP contribution in [0.5, 0.6) is 0 Å². The lowest BCUT2D eigenvalue weighted by molar-refractivity contribution is -0.113. The van der Waals surface area contributed by atoms with Crippen molar-refractivity contribution in [2.45, 2.75) is 6.92 Å². The predicted octanol–water partition coefficient (Wildman–Crippen LogP) is 2.96. The Kier molecular flexibility index (Phi) is 5.64. The molecule has 1 aromatic carbocycles. The smallest absolute Gasteiger partial charge is 0.338 e. The lowest BCUT2D eigenvalue weighted by Crippen LogP contribution is -2.13. The van der Waals surface area contributed by atoms with Gasteiger partial charge in [-0.2, -0.15) is 0 Å². The van der Waals surface area contributed by atoms with Crippen LogP contribution in [-0.4, -0.2) is 23.8 Å². The maximum Gasteiger partial charge on any atom is 0.338 e. The van der Waals surface area contributed by atoms with Crippen molar-refractivity contribution in [3.63, 3.8) is 0 Å². The number of halogens is 2. The number of benzene rings is 1. The highest BCUT2D eigenvalue weighted by Crippen LogP contribution is 2.24. The number of alkyl halides is 1. The molecule has 0 saturated carbocycles. The molecule has 17 heavy (non-hydrogen) atoms. The average Bonchev–Trinajstić information content (AvgIpc) is 2.31. The van der Waals surface area contributed by atoms with Gasteiger partial charge in [-0.25, -0.2) is 4.79 Å². The molecule has 0 radical (unpaired) electrons. The number of nitrogens with one attached hydrogen (secondary N) is 1. The van der Waals surface area contributed by atoms with E-state index in [1.807, 2.05) is 0 Å². The molecule has 1 aromatic rings. The first kappa shape index (κ1) is 14.2. The first-order valence-electron chi connectivity index (χ1n) is 4.91. The second kappa shape index (κ2) is 6.76. The van der Waals surface area contributed by atoms with Crippen LogP contribution in [-0.2, 0) is 9.53 Å². The Hall–Kier alpha value is -0.880. The molecule has 0 bridgehead atoms. The van der Waals surface area contributed by atoms with Crippen molar-refractivity contribution in [1.82, 2.24) is 0 Å². The molecule has 0 aliphatic carbocycles. The van der Waals surface area contributed by atoms with Gasteiger partial charge in [0.15, 0.2) is 0 Å². The van der Waals surface area contributed by atoms with Crippen LogP contribution in [0, 0.1) is 0 Å². The molecule has 0 saturated heterocycles. The van der Waals surface area contributed by atoms with Crippen LogP contribution in [0.2, 0.25) is 0 Å². The Morgan fingerprint density at radius 1 is 1.41 bits per heavy atom. The summed E-state index contributed by atoms with van der Waals surface area (Å²) in [7, 11) is 0. The normalized spacial score (nSPS) is 9.82. The third-order valence-corrected chi connectivity index (χ3v) is 3.04. The minimum atomic E-state index is -0.383. The molecule has 0 fully saturated rings. The van der Waals surface area contributed by atoms with E-state index in [1.165, 1.54) is 0 Å². The highest BCUT2D eigenvalue weighted by atomic mass is 79.9. The molecule has 0 aliphatic heterocycles. The molecule has 0 aromatic heterocycles. The fourth-order valence-corrected chi connectivity index (χ4v) is 1.76. The van der Waals surface area contributed by atoms with Crippen molar-refractivity contribution in [2.75, 3.05) is 17.3 Å². The Morgan fingerprint density at radius 2 is 2.12 bits per heavy atom. The first-order chi connectivity index (χ1) is 8.08. The van der Waals surface area contributed by atoms with E-state index < -0.39 is 0 Å². The fraction of sp³-hybridized carbons (Fsp3) is 0.273. The number of anilines is 1. The molecule has 0 spiro atoms. The third kappa shape index (κ3) is 4.12. The second-order valence-corrected chi connectivity index (χ2v) is 4.51. The van der Waals surface area contributed by atoms with Crippen LogP contribution in [0.4, 0.5) is 5.69 Å². The van der Waals surface area contributed by atoms with Gasteiger partial charge in [-0.05, 0) is 41.1 Å². The molecular formula is C11H11Br2NO3. The Bertz CT molecular complexity index is 435. The average molecular weight is 365 g/mol. The van der Waals surface area contributed by atoms with E-state index in [-0.39, 0.29) is 17.2 Å². The molecule has 6 heteroatoms. The summed E-state index contributed by atoms with van der Waals surface area (Å²) in [6.07, 6.45) is 0. The van der Waals surface area contributed by atoms with Gasteiger partial charge in [0, 0.05) is 4.47 Å². The number of amides is 1. The number of carbonyl (C=O) groups excluding carboxylic acids is 2. The minimum Gasteiger partial charge on any atom is -0.462 e. The number of ether oxygens (including phenoxy) is 1. The zero-order valence-corrected chi connectivity index (χ0v) is 12.3. The van der Waals surface area contributed by atoms with E-state index in [0.29, 0.717) is 22.3 Å². The van der Waals surface area contributed by atoms with Gasteiger partial charge in [-0.3, -0.25) is 4.79 Å². The van der Waals surface area contributed by atoms with E-state index in [2.05, 4.69) is 37.2 Å². The van der Waals surface area contributed by atoms with E-state index >= 15 is 0 Å². The van der Waals surface area contributed by atoms with E-state index in [1.54, 1.807) is 25.1 Å².